The minimum Gasteiger partial charge on any atom is -0.385 e. The summed E-state index contributed by atoms with van der Waals surface area (Å²) >= 11 is 0. The number of nitrogens with one attached hydrogen (secondary N) is 1. The van der Waals surface area contributed by atoms with Crippen molar-refractivity contribution in [3.8, 4) is 0 Å². The third-order valence-electron chi connectivity index (χ3n) is 2.62. The van der Waals surface area contributed by atoms with Crippen LogP contribution in [0.3, 0.4) is 0 Å². The highest BCUT2D eigenvalue weighted by molar-refractivity contribution is 4.91. The van der Waals surface area contributed by atoms with Gasteiger partial charge in [-0.15, -0.1) is 0 Å². The van der Waals surface area contributed by atoms with Crippen molar-refractivity contribution in [1.29, 1.82) is 0 Å². The van der Waals surface area contributed by atoms with Gasteiger partial charge in [0.25, 0.3) is 0 Å². The Hall–Kier alpha value is -0.0800. The zero-order valence-corrected chi connectivity index (χ0v) is 10.4. The summed E-state index contributed by atoms with van der Waals surface area (Å²) in [5.74, 6) is 0. The number of ether oxygens (including phenoxy) is 1. The van der Waals surface area contributed by atoms with E-state index in [4.69, 9.17) is 4.74 Å². The van der Waals surface area contributed by atoms with E-state index in [2.05, 4.69) is 26.1 Å². The third-order valence-corrected chi connectivity index (χ3v) is 2.62. The average molecular weight is 201 g/mol. The quantitative estimate of drug-likeness (QED) is 0.738. The molecule has 1 fully saturated rings. The molecule has 1 N–H and O–H groups in total. The summed E-state index contributed by atoms with van der Waals surface area (Å²) in [4.78, 5) is 0. The largest absolute Gasteiger partial charge is 0.385 e. The Labute approximate surface area is 89.4 Å². The first-order valence-corrected chi connectivity index (χ1v) is 5.94. The first-order chi connectivity index (χ1) is 6.74. The van der Waals surface area contributed by atoms with E-state index >= 15 is 0 Å². The Morgan fingerprint density at radius 2 is 1.71 bits per heavy atom. The molecule has 14 heavy (non-hydrogen) atoms. The van der Waals surface area contributed by atoms with Crippen molar-refractivity contribution in [2.45, 2.75) is 46.5 Å². The van der Waals surface area contributed by atoms with Crippen molar-refractivity contribution in [2.24, 2.45) is 5.41 Å². The third kappa shape index (κ3) is 4.97. The van der Waals surface area contributed by atoms with Gasteiger partial charge < -0.3 is 10.1 Å². The fraction of sp³-hybridized carbons (Fsp3) is 1.00. The molecule has 2 nitrogen and oxygen atoms in total. The van der Waals surface area contributed by atoms with Crippen molar-refractivity contribution >= 4 is 0 Å². The van der Waals surface area contributed by atoms with E-state index in [1.807, 2.05) is 0 Å². The molecule has 1 aliphatic heterocycles. The number of rotatable bonds is 5. The maximum atomic E-state index is 5.09. The smallest absolute Gasteiger partial charge is 0.0468 e. The van der Waals surface area contributed by atoms with E-state index < -0.39 is 0 Å². The Morgan fingerprint density at radius 1 is 1.14 bits per heavy atom. The summed E-state index contributed by atoms with van der Waals surface area (Å²) in [6, 6.07) is 0. The molecule has 0 spiro atoms. The molecule has 1 aliphatic rings. The molecule has 0 aromatic rings. The maximum Gasteiger partial charge on any atom is 0.0468 e. The number of hydrogen-bond donors (Lipinski definition) is 1. The molecule has 0 aromatic heterocycles. The first kappa shape index (κ1) is 13.9. The van der Waals surface area contributed by atoms with Crippen molar-refractivity contribution in [3.05, 3.63) is 0 Å². The zero-order valence-electron chi connectivity index (χ0n) is 10.4. The second kappa shape index (κ2) is 8.25. The van der Waals surface area contributed by atoms with Crippen LogP contribution in [-0.4, -0.2) is 26.8 Å². The molecule has 0 amide bonds. The first-order valence-electron chi connectivity index (χ1n) is 5.94. The monoisotopic (exact) mass is 201 g/mol. The van der Waals surface area contributed by atoms with Crippen LogP contribution in [0, 0.1) is 5.41 Å². The summed E-state index contributed by atoms with van der Waals surface area (Å²) < 4.78 is 5.09. The van der Waals surface area contributed by atoms with Gasteiger partial charge in [-0.25, -0.2) is 0 Å². The van der Waals surface area contributed by atoms with Crippen molar-refractivity contribution in [1.82, 2.24) is 5.32 Å². The van der Waals surface area contributed by atoms with Crippen LogP contribution in [0.25, 0.3) is 0 Å². The van der Waals surface area contributed by atoms with Crippen LogP contribution in [0.1, 0.15) is 46.5 Å². The van der Waals surface area contributed by atoms with Gasteiger partial charge in [-0.05, 0) is 18.3 Å². The lowest BCUT2D eigenvalue weighted by atomic mass is 9.75. The summed E-state index contributed by atoms with van der Waals surface area (Å²) in [6.07, 6.45) is 5.12. The van der Waals surface area contributed by atoms with E-state index in [9.17, 15) is 0 Å². The molecular weight excluding hydrogens is 174 g/mol. The number of hydrogen-bond acceptors (Lipinski definition) is 2. The standard InChI is InChI=1S/C9H19NO.C3H8/c1-3-4-9(5-6-11-2)7-10-8-9;1-3-2/h10H,3-8H2,1-2H3;3H2,1-2H3. The molecule has 0 radical (unpaired) electrons. The van der Waals surface area contributed by atoms with Gasteiger partial charge in [-0.2, -0.15) is 0 Å². The Bertz CT molecular complexity index is 121. The van der Waals surface area contributed by atoms with Gasteiger partial charge in [-0.1, -0.05) is 33.6 Å². The molecule has 1 heterocycles. The molecule has 0 aliphatic carbocycles. The van der Waals surface area contributed by atoms with Gasteiger partial charge in [0.15, 0.2) is 0 Å². The molecule has 1 rings (SSSR count). The summed E-state index contributed by atoms with van der Waals surface area (Å²) in [5, 5.41) is 3.34. The predicted octanol–water partition coefficient (Wildman–Crippen LogP) is 2.83. The highest BCUT2D eigenvalue weighted by Crippen LogP contribution is 2.32. The van der Waals surface area contributed by atoms with Gasteiger partial charge in [0, 0.05) is 26.8 Å². The Balaban J connectivity index is 0.000000500. The molecular formula is C12H27NO. The highest BCUT2D eigenvalue weighted by atomic mass is 16.5. The predicted molar refractivity (Wildman–Crippen MR) is 62.7 cm³/mol. The van der Waals surface area contributed by atoms with E-state index in [1.54, 1.807) is 7.11 Å². The fourth-order valence-electron chi connectivity index (χ4n) is 1.81. The van der Waals surface area contributed by atoms with E-state index in [-0.39, 0.29) is 0 Å². The van der Waals surface area contributed by atoms with Gasteiger partial charge in [0.05, 0.1) is 0 Å². The number of methoxy groups -OCH3 is 1. The molecule has 1 saturated heterocycles. The topological polar surface area (TPSA) is 21.3 Å². The van der Waals surface area contributed by atoms with Crippen LogP contribution in [0.15, 0.2) is 0 Å². The molecule has 2 heteroatoms. The van der Waals surface area contributed by atoms with E-state index in [0.717, 1.165) is 6.61 Å². The molecule has 0 saturated carbocycles. The Morgan fingerprint density at radius 3 is 2.00 bits per heavy atom. The minimum absolute atomic E-state index is 0.588. The molecule has 0 unspecified atom stereocenters. The van der Waals surface area contributed by atoms with Crippen molar-refractivity contribution in [2.75, 3.05) is 26.8 Å². The van der Waals surface area contributed by atoms with Crippen LogP contribution in [0.2, 0.25) is 0 Å². The van der Waals surface area contributed by atoms with Gasteiger partial charge in [0.2, 0.25) is 0 Å². The van der Waals surface area contributed by atoms with E-state index in [0.29, 0.717) is 5.41 Å². The van der Waals surface area contributed by atoms with Crippen LogP contribution < -0.4 is 5.32 Å². The van der Waals surface area contributed by atoms with Crippen molar-refractivity contribution in [3.63, 3.8) is 0 Å². The molecule has 0 bridgehead atoms. The van der Waals surface area contributed by atoms with Crippen LogP contribution in [-0.2, 0) is 4.74 Å². The second-order valence-electron chi connectivity index (χ2n) is 4.30. The van der Waals surface area contributed by atoms with Crippen molar-refractivity contribution < 1.29 is 4.74 Å². The lowest BCUT2D eigenvalue weighted by Gasteiger charge is -2.42. The normalized spacial score (nSPS) is 18.0. The van der Waals surface area contributed by atoms with E-state index in [1.165, 1.54) is 38.8 Å². The summed E-state index contributed by atoms with van der Waals surface area (Å²) in [5.41, 5.74) is 0.588. The summed E-state index contributed by atoms with van der Waals surface area (Å²) in [7, 11) is 1.78. The van der Waals surface area contributed by atoms with Crippen LogP contribution >= 0.6 is 0 Å². The average Bonchev–Trinajstić information content (AvgIpc) is 2.11. The molecule has 0 aromatic carbocycles. The molecule has 0 atom stereocenters. The van der Waals surface area contributed by atoms with Crippen LogP contribution in [0.4, 0.5) is 0 Å². The van der Waals surface area contributed by atoms with Crippen LogP contribution in [0.5, 0.6) is 0 Å². The Kier molecular flexibility index (Phi) is 8.20. The SMILES string of the molecule is CCC.CCCC1(CCOC)CNC1. The van der Waals surface area contributed by atoms with Gasteiger partial charge >= 0.3 is 0 Å². The molecule has 86 valence electrons. The van der Waals surface area contributed by atoms with Gasteiger partial charge in [-0.3, -0.25) is 0 Å². The lowest BCUT2D eigenvalue weighted by molar-refractivity contribution is 0.0822. The highest BCUT2D eigenvalue weighted by Gasteiger charge is 2.34. The zero-order chi connectivity index (χ0) is 10.9. The summed E-state index contributed by atoms with van der Waals surface area (Å²) in [6.45, 7) is 9.82. The lowest BCUT2D eigenvalue weighted by Crippen LogP contribution is -2.53. The van der Waals surface area contributed by atoms with Gasteiger partial charge in [0.1, 0.15) is 0 Å². The maximum absolute atomic E-state index is 5.09. The second-order valence-corrected chi connectivity index (χ2v) is 4.30. The fourth-order valence-corrected chi connectivity index (χ4v) is 1.81. The minimum atomic E-state index is 0.588.